The zero-order valence-electron chi connectivity index (χ0n) is 9.35. The third-order valence-electron chi connectivity index (χ3n) is 3.16. The minimum atomic E-state index is -0.692. The Morgan fingerprint density at radius 1 is 1.40 bits per heavy atom. The first-order valence-electron chi connectivity index (χ1n) is 5.74. The summed E-state index contributed by atoms with van der Waals surface area (Å²) in [6.45, 7) is 3.99. The highest BCUT2D eigenvalue weighted by Crippen LogP contribution is 2.24. The van der Waals surface area contributed by atoms with Crippen LogP contribution < -0.4 is 0 Å². The molecule has 0 saturated carbocycles. The minimum absolute atomic E-state index is 0.235. The van der Waals surface area contributed by atoms with Crippen molar-refractivity contribution in [3.63, 3.8) is 0 Å². The van der Waals surface area contributed by atoms with Crippen molar-refractivity contribution < 1.29 is 15.0 Å². The summed E-state index contributed by atoms with van der Waals surface area (Å²) in [6, 6.07) is -0.292. The van der Waals surface area contributed by atoms with Gasteiger partial charge in [-0.15, -0.1) is 0 Å². The van der Waals surface area contributed by atoms with Gasteiger partial charge in [-0.2, -0.15) is 0 Å². The van der Waals surface area contributed by atoms with Gasteiger partial charge in [0.05, 0.1) is 0 Å². The molecule has 1 rings (SSSR count). The van der Waals surface area contributed by atoms with Crippen molar-refractivity contribution in [1.82, 2.24) is 4.90 Å². The molecule has 2 atom stereocenters. The standard InChI is InChI=1S/C11H21NO3/c1-9-5-7-12(10(9)11(14)15)6-3-2-4-8-13/h9-10,13H,2-8H2,1H3,(H,14,15). The Kier molecular flexibility index (Phi) is 5.05. The quantitative estimate of drug-likeness (QED) is 0.647. The van der Waals surface area contributed by atoms with Crippen LogP contribution >= 0.6 is 0 Å². The van der Waals surface area contributed by atoms with E-state index < -0.39 is 5.97 Å². The maximum absolute atomic E-state index is 11.0. The number of carbonyl (C=O) groups is 1. The number of carboxylic acids is 1. The van der Waals surface area contributed by atoms with Crippen molar-refractivity contribution in [1.29, 1.82) is 0 Å². The van der Waals surface area contributed by atoms with E-state index in [-0.39, 0.29) is 18.6 Å². The molecule has 4 nitrogen and oxygen atoms in total. The van der Waals surface area contributed by atoms with E-state index in [1.165, 1.54) is 0 Å². The van der Waals surface area contributed by atoms with Crippen LogP contribution in [0.5, 0.6) is 0 Å². The van der Waals surface area contributed by atoms with Crippen LogP contribution in [0.4, 0.5) is 0 Å². The van der Waals surface area contributed by atoms with E-state index >= 15 is 0 Å². The summed E-state index contributed by atoms with van der Waals surface area (Å²) in [4.78, 5) is 13.1. The van der Waals surface area contributed by atoms with E-state index in [1.807, 2.05) is 6.92 Å². The molecule has 15 heavy (non-hydrogen) atoms. The van der Waals surface area contributed by atoms with E-state index in [9.17, 15) is 4.79 Å². The van der Waals surface area contributed by atoms with Crippen LogP contribution in [0.15, 0.2) is 0 Å². The van der Waals surface area contributed by atoms with Gasteiger partial charge in [0.2, 0.25) is 0 Å². The highest BCUT2D eigenvalue weighted by Gasteiger charge is 2.35. The monoisotopic (exact) mass is 215 g/mol. The molecule has 0 aliphatic carbocycles. The van der Waals surface area contributed by atoms with Crippen molar-refractivity contribution in [2.75, 3.05) is 19.7 Å². The average molecular weight is 215 g/mol. The van der Waals surface area contributed by atoms with Gasteiger partial charge in [0.15, 0.2) is 0 Å². The molecule has 0 spiro atoms. The Balaban J connectivity index is 2.31. The first-order valence-corrected chi connectivity index (χ1v) is 5.74. The van der Waals surface area contributed by atoms with E-state index in [2.05, 4.69) is 4.90 Å². The molecule has 0 aromatic rings. The Bertz CT molecular complexity index is 208. The summed E-state index contributed by atoms with van der Waals surface area (Å²) < 4.78 is 0. The fraction of sp³-hybridized carbons (Fsp3) is 0.909. The second-order valence-corrected chi connectivity index (χ2v) is 4.37. The molecular weight excluding hydrogens is 194 g/mol. The maximum atomic E-state index is 11.0. The molecule has 0 aromatic heterocycles. The summed E-state index contributed by atoms with van der Waals surface area (Å²) in [5, 5.41) is 17.7. The Morgan fingerprint density at radius 2 is 2.13 bits per heavy atom. The molecule has 0 bridgehead atoms. The normalized spacial score (nSPS) is 27.1. The average Bonchev–Trinajstić information content (AvgIpc) is 2.54. The Hall–Kier alpha value is -0.610. The molecule has 1 aliphatic heterocycles. The zero-order chi connectivity index (χ0) is 11.3. The molecule has 1 fully saturated rings. The molecule has 1 saturated heterocycles. The highest BCUT2D eigenvalue weighted by molar-refractivity contribution is 5.74. The van der Waals surface area contributed by atoms with Crippen LogP contribution in [0, 0.1) is 5.92 Å². The minimum Gasteiger partial charge on any atom is -0.480 e. The van der Waals surface area contributed by atoms with Crippen LogP contribution in [0.1, 0.15) is 32.6 Å². The number of carboxylic acid groups (broad SMARTS) is 1. The third kappa shape index (κ3) is 3.47. The number of nitrogens with zero attached hydrogens (tertiary/aromatic N) is 1. The second kappa shape index (κ2) is 6.08. The smallest absolute Gasteiger partial charge is 0.321 e. The molecule has 1 aliphatic rings. The first kappa shape index (κ1) is 12.5. The third-order valence-corrected chi connectivity index (χ3v) is 3.16. The van der Waals surface area contributed by atoms with Crippen molar-refractivity contribution in [3.05, 3.63) is 0 Å². The number of aliphatic carboxylic acids is 1. The molecule has 88 valence electrons. The molecule has 0 aromatic carbocycles. The van der Waals surface area contributed by atoms with Gasteiger partial charge in [0, 0.05) is 6.61 Å². The molecule has 2 N–H and O–H groups in total. The van der Waals surface area contributed by atoms with Crippen molar-refractivity contribution in [3.8, 4) is 0 Å². The maximum Gasteiger partial charge on any atom is 0.321 e. The van der Waals surface area contributed by atoms with Crippen molar-refractivity contribution in [2.24, 2.45) is 5.92 Å². The molecule has 4 heteroatoms. The largest absolute Gasteiger partial charge is 0.480 e. The van der Waals surface area contributed by atoms with Gasteiger partial charge in [-0.1, -0.05) is 6.92 Å². The van der Waals surface area contributed by atoms with Gasteiger partial charge in [-0.05, 0) is 44.7 Å². The van der Waals surface area contributed by atoms with E-state index in [1.54, 1.807) is 0 Å². The van der Waals surface area contributed by atoms with Crippen LogP contribution in [0.3, 0.4) is 0 Å². The number of hydrogen-bond donors (Lipinski definition) is 2. The number of unbranched alkanes of at least 4 members (excludes halogenated alkanes) is 2. The number of hydrogen-bond acceptors (Lipinski definition) is 3. The zero-order valence-corrected chi connectivity index (χ0v) is 9.35. The fourth-order valence-corrected chi connectivity index (χ4v) is 2.28. The van der Waals surface area contributed by atoms with Crippen molar-refractivity contribution >= 4 is 5.97 Å². The van der Waals surface area contributed by atoms with Crippen LogP contribution in [0.25, 0.3) is 0 Å². The molecule has 2 unspecified atom stereocenters. The lowest BCUT2D eigenvalue weighted by Crippen LogP contribution is -2.39. The lowest BCUT2D eigenvalue weighted by atomic mass is 10.0. The first-order chi connectivity index (χ1) is 7.16. The summed E-state index contributed by atoms with van der Waals surface area (Å²) in [7, 11) is 0. The van der Waals surface area contributed by atoms with E-state index in [4.69, 9.17) is 10.2 Å². The van der Waals surface area contributed by atoms with E-state index in [0.29, 0.717) is 0 Å². The predicted molar refractivity (Wildman–Crippen MR) is 57.7 cm³/mol. The molecule has 0 amide bonds. The van der Waals surface area contributed by atoms with Crippen molar-refractivity contribution in [2.45, 2.75) is 38.6 Å². The summed E-state index contributed by atoms with van der Waals surface area (Å²) in [6.07, 6.45) is 3.77. The van der Waals surface area contributed by atoms with Gasteiger partial charge in [0.1, 0.15) is 6.04 Å². The lowest BCUT2D eigenvalue weighted by Gasteiger charge is -2.22. The topological polar surface area (TPSA) is 60.8 Å². The fourth-order valence-electron chi connectivity index (χ4n) is 2.28. The number of aliphatic hydroxyl groups excluding tert-OH is 1. The lowest BCUT2D eigenvalue weighted by molar-refractivity contribution is -0.143. The van der Waals surface area contributed by atoms with Gasteiger partial charge < -0.3 is 10.2 Å². The Labute approximate surface area is 90.9 Å². The predicted octanol–water partition coefficient (Wildman–Crippen LogP) is 0.944. The summed E-state index contributed by atoms with van der Waals surface area (Å²) in [5.74, 6) is -0.428. The van der Waals surface area contributed by atoms with Gasteiger partial charge in [-0.3, -0.25) is 9.69 Å². The van der Waals surface area contributed by atoms with Gasteiger partial charge in [-0.25, -0.2) is 0 Å². The van der Waals surface area contributed by atoms with Crippen LogP contribution in [0.2, 0.25) is 0 Å². The Morgan fingerprint density at radius 3 is 2.73 bits per heavy atom. The summed E-state index contributed by atoms with van der Waals surface area (Å²) in [5.41, 5.74) is 0. The number of aliphatic hydroxyl groups is 1. The number of rotatable bonds is 6. The second-order valence-electron chi connectivity index (χ2n) is 4.37. The molecule has 1 heterocycles. The summed E-state index contributed by atoms with van der Waals surface area (Å²) >= 11 is 0. The van der Waals surface area contributed by atoms with Gasteiger partial charge in [0.25, 0.3) is 0 Å². The van der Waals surface area contributed by atoms with Crippen LogP contribution in [-0.4, -0.2) is 46.8 Å². The SMILES string of the molecule is CC1CCN(CCCCCO)C1C(=O)O. The highest BCUT2D eigenvalue weighted by atomic mass is 16.4. The van der Waals surface area contributed by atoms with Gasteiger partial charge >= 0.3 is 5.97 Å². The number of likely N-dealkylation sites (tertiary alicyclic amines) is 1. The van der Waals surface area contributed by atoms with E-state index in [0.717, 1.165) is 38.8 Å². The molecule has 0 radical (unpaired) electrons. The van der Waals surface area contributed by atoms with Crippen LogP contribution in [-0.2, 0) is 4.79 Å². The molecular formula is C11H21NO3.